The number of aryl methyl sites for hydroxylation is 1. The lowest BCUT2D eigenvalue weighted by molar-refractivity contribution is 0.291. The summed E-state index contributed by atoms with van der Waals surface area (Å²) in [6, 6.07) is 6.95. The van der Waals surface area contributed by atoms with Crippen molar-refractivity contribution in [2.75, 3.05) is 13.1 Å². The average molecular weight is 280 g/mol. The molecule has 1 unspecified atom stereocenters. The Labute approximate surface area is 115 Å². The SMILES string of the molecule is C=C(N)C1CCCN(S(=O)(=O)c2ccc(C)cc2)C1. The van der Waals surface area contributed by atoms with Crippen molar-refractivity contribution < 1.29 is 8.42 Å². The number of nitrogens with two attached hydrogens (primary N) is 1. The van der Waals surface area contributed by atoms with Crippen LogP contribution in [0.15, 0.2) is 41.4 Å². The molecule has 2 N–H and O–H groups in total. The summed E-state index contributed by atoms with van der Waals surface area (Å²) in [5.41, 5.74) is 7.34. The van der Waals surface area contributed by atoms with Crippen molar-refractivity contribution in [3.63, 3.8) is 0 Å². The first-order valence-electron chi connectivity index (χ1n) is 6.42. The lowest BCUT2D eigenvalue weighted by atomic mass is 9.97. The number of benzene rings is 1. The molecule has 1 atom stereocenters. The lowest BCUT2D eigenvalue weighted by Crippen LogP contribution is -2.41. The van der Waals surface area contributed by atoms with Crippen LogP contribution < -0.4 is 5.73 Å². The predicted octanol–water partition coefficient (Wildman–Crippen LogP) is 1.87. The molecule has 1 saturated heterocycles. The minimum absolute atomic E-state index is 0.0639. The molecular formula is C14H20N2O2S. The Balaban J connectivity index is 2.24. The number of nitrogens with zero attached hydrogens (tertiary/aromatic N) is 1. The van der Waals surface area contributed by atoms with Crippen molar-refractivity contribution >= 4 is 10.0 Å². The number of piperidine rings is 1. The maximum atomic E-state index is 12.5. The van der Waals surface area contributed by atoms with Gasteiger partial charge in [0.25, 0.3) is 0 Å². The van der Waals surface area contributed by atoms with Crippen molar-refractivity contribution in [2.24, 2.45) is 11.7 Å². The van der Waals surface area contributed by atoms with Crippen molar-refractivity contribution in [1.29, 1.82) is 0 Å². The van der Waals surface area contributed by atoms with Crippen LogP contribution in [0.1, 0.15) is 18.4 Å². The van der Waals surface area contributed by atoms with Crippen molar-refractivity contribution in [2.45, 2.75) is 24.7 Å². The lowest BCUT2D eigenvalue weighted by Gasteiger charge is -2.31. The van der Waals surface area contributed by atoms with E-state index in [0.29, 0.717) is 23.7 Å². The van der Waals surface area contributed by atoms with Crippen molar-refractivity contribution in [1.82, 2.24) is 4.31 Å². The smallest absolute Gasteiger partial charge is 0.243 e. The van der Waals surface area contributed by atoms with E-state index in [1.807, 2.05) is 19.1 Å². The topological polar surface area (TPSA) is 63.4 Å². The number of hydrogen-bond acceptors (Lipinski definition) is 3. The Bertz CT molecular complexity index is 564. The van der Waals surface area contributed by atoms with E-state index in [4.69, 9.17) is 5.73 Å². The summed E-state index contributed by atoms with van der Waals surface area (Å²) in [5, 5.41) is 0. The highest BCUT2D eigenvalue weighted by atomic mass is 32.2. The van der Waals surface area contributed by atoms with Gasteiger partial charge in [0.15, 0.2) is 0 Å². The molecule has 0 spiro atoms. The van der Waals surface area contributed by atoms with Gasteiger partial charge < -0.3 is 5.73 Å². The summed E-state index contributed by atoms with van der Waals surface area (Å²) in [4.78, 5) is 0.349. The van der Waals surface area contributed by atoms with Gasteiger partial charge in [-0.3, -0.25) is 0 Å². The van der Waals surface area contributed by atoms with E-state index in [2.05, 4.69) is 6.58 Å². The number of hydrogen-bond donors (Lipinski definition) is 1. The normalized spacial score (nSPS) is 21.2. The van der Waals surface area contributed by atoms with Gasteiger partial charge in [-0.05, 0) is 31.9 Å². The van der Waals surface area contributed by atoms with Crippen molar-refractivity contribution in [3.8, 4) is 0 Å². The average Bonchev–Trinajstić information content (AvgIpc) is 2.39. The first-order chi connectivity index (χ1) is 8.91. The second kappa shape index (κ2) is 5.35. The molecule has 1 fully saturated rings. The minimum Gasteiger partial charge on any atom is -0.402 e. The standard InChI is InChI=1S/C14H20N2O2S/c1-11-5-7-14(8-6-11)19(17,18)16-9-3-4-13(10-16)12(2)15/h5-8,13H,2-4,9-10,15H2,1H3. The van der Waals surface area contributed by atoms with Crippen LogP contribution in [-0.4, -0.2) is 25.8 Å². The van der Waals surface area contributed by atoms with E-state index in [-0.39, 0.29) is 5.92 Å². The third-order valence-electron chi connectivity index (χ3n) is 3.57. The molecule has 0 saturated carbocycles. The monoisotopic (exact) mass is 280 g/mol. The molecule has 0 radical (unpaired) electrons. The summed E-state index contributed by atoms with van der Waals surface area (Å²) < 4.78 is 26.6. The van der Waals surface area contributed by atoms with Gasteiger partial charge in [0, 0.05) is 24.7 Å². The van der Waals surface area contributed by atoms with Gasteiger partial charge in [0.2, 0.25) is 10.0 Å². The third kappa shape index (κ3) is 2.98. The maximum Gasteiger partial charge on any atom is 0.243 e. The number of rotatable bonds is 3. The first kappa shape index (κ1) is 14.1. The van der Waals surface area contributed by atoms with Crippen LogP contribution in [0.2, 0.25) is 0 Å². The molecular weight excluding hydrogens is 260 g/mol. The van der Waals surface area contributed by atoms with Crippen LogP contribution in [0.5, 0.6) is 0 Å². The molecule has 1 aromatic carbocycles. The Hall–Kier alpha value is -1.33. The summed E-state index contributed by atoms with van der Waals surface area (Å²) in [5.74, 6) is 0.0639. The van der Waals surface area contributed by atoms with Gasteiger partial charge in [-0.2, -0.15) is 4.31 Å². The van der Waals surface area contributed by atoms with Gasteiger partial charge in [-0.25, -0.2) is 8.42 Å². The molecule has 1 heterocycles. The molecule has 1 aliphatic rings. The Kier molecular flexibility index (Phi) is 3.96. The summed E-state index contributed by atoms with van der Waals surface area (Å²) in [7, 11) is -3.41. The third-order valence-corrected chi connectivity index (χ3v) is 5.45. The van der Waals surface area contributed by atoms with Gasteiger partial charge in [0.05, 0.1) is 4.90 Å². The van der Waals surface area contributed by atoms with E-state index in [9.17, 15) is 8.42 Å². The highest BCUT2D eigenvalue weighted by Gasteiger charge is 2.30. The molecule has 5 heteroatoms. The van der Waals surface area contributed by atoms with Gasteiger partial charge >= 0.3 is 0 Å². The van der Waals surface area contributed by atoms with E-state index in [1.165, 1.54) is 4.31 Å². The van der Waals surface area contributed by atoms with E-state index in [0.717, 1.165) is 18.4 Å². The molecule has 104 valence electrons. The quantitative estimate of drug-likeness (QED) is 0.919. The zero-order chi connectivity index (χ0) is 14.0. The Morgan fingerprint density at radius 2 is 2.00 bits per heavy atom. The number of sulfonamides is 1. The largest absolute Gasteiger partial charge is 0.402 e. The minimum atomic E-state index is -3.41. The molecule has 0 aliphatic carbocycles. The predicted molar refractivity (Wildman–Crippen MR) is 76.0 cm³/mol. The zero-order valence-corrected chi connectivity index (χ0v) is 12.0. The van der Waals surface area contributed by atoms with Gasteiger partial charge in [-0.15, -0.1) is 0 Å². The maximum absolute atomic E-state index is 12.5. The van der Waals surface area contributed by atoms with Crippen LogP contribution in [0, 0.1) is 12.8 Å². The Morgan fingerprint density at radius 3 is 2.58 bits per heavy atom. The van der Waals surface area contributed by atoms with Crippen LogP contribution in [0.3, 0.4) is 0 Å². The van der Waals surface area contributed by atoms with Crippen LogP contribution >= 0.6 is 0 Å². The summed E-state index contributed by atoms with van der Waals surface area (Å²) in [6.45, 7) is 6.66. The molecule has 2 rings (SSSR count). The Morgan fingerprint density at radius 1 is 1.37 bits per heavy atom. The highest BCUT2D eigenvalue weighted by molar-refractivity contribution is 7.89. The second-order valence-corrected chi connectivity index (χ2v) is 7.03. The highest BCUT2D eigenvalue weighted by Crippen LogP contribution is 2.25. The summed E-state index contributed by atoms with van der Waals surface area (Å²) in [6.07, 6.45) is 1.74. The zero-order valence-electron chi connectivity index (χ0n) is 11.2. The van der Waals surface area contributed by atoms with Gasteiger partial charge in [0.1, 0.15) is 0 Å². The molecule has 19 heavy (non-hydrogen) atoms. The van der Waals surface area contributed by atoms with Crippen LogP contribution in [-0.2, 0) is 10.0 Å². The fourth-order valence-corrected chi connectivity index (χ4v) is 3.85. The van der Waals surface area contributed by atoms with E-state index in [1.54, 1.807) is 12.1 Å². The fourth-order valence-electron chi connectivity index (χ4n) is 2.32. The first-order valence-corrected chi connectivity index (χ1v) is 7.86. The summed E-state index contributed by atoms with van der Waals surface area (Å²) >= 11 is 0. The fraction of sp³-hybridized carbons (Fsp3) is 0.429. The molecule has 0 bridgehead atoms. The second-order valence-electron chi connectivity index (χ2n) is 5.09. The van der Waals surface area contributed by atoms with Crippen molar-refractivity contribution in [3.05, 3.63) is 42.1 Å². The molecule has 0 aromatic heterocycles. The van der Waals surface area contributed by atoms with E-state index >= 15 is 0 Å². The van der Waals surface area contributed by atoms with Crippen LogP contribution in [0.25, 0.3) is 0 Å². The molecule has 1 aromatic rings. The van der Waals surface area contributed by atoms with Crippen LogP contribution in [0.4, 0.5) is 0 Å². The van der Waals surface area contributed by atoms with E-state index < -0.39 is 10.0 Å². The molecule has 0 amide bonds. The molecule has 4 nitrogen and oxygen atoms in total. The molecule has 1 aliphatic heterocycles. The van der Waals surface area contributed by atoms with Gasteiger partial charge in [-0.1, -0.05) is 24.3 Å².